The molecule has 1 N–H and O–H groups in total. The molecule has 2 aliphatic heterocycles. The van der Waals surface area contributed by atoms with E-state index in [2.05, 4.69) is 17.4 Å². The molecule has 2 fully saturated rings. The van der Waals surface area contributed by atoms with E-state index in [1.165, 1.54) is 5.56 Å². The summed E-state index contributed by atoms with van der Waals surface area (Å²) in [4.78, 5) is 14.5. The largest absolute Gasteiger partial charge is 0.497 e. The molecule has 2 unspecified atom stereocenters. The van der Waals surface area contributed by atoms with Crippen LogP contribution in [-0.4, -0.2) is 54.4 Å². The van der Waals surface area contributed by atoms with Crippen molar-refractivity contribution in [1.29, 1.82) is 0 Å². The number of benzene rings is 1. The molecule has 3 rings (SSSR count). The van der Waals surface area contributed by atoms with Crippen molar-refractivity contribution in [3.05, 3.63) is 29.8 Å². The Morgan fingerprint density at radius 3 is 2.86 bits per heavy atom. The molecule has 0 aromatic heterocycles. The van der Waals surface area contributed by atoms with Crippen LogP contribution in [0.15, 0.2) is 24.3 Å². The minimum absolute atomic E-state index is 0.00890. The first-order valence-corrected chi connectivity index (χ1v) is 9.34. The Bertz CT molecular complexity index is 489. The first-order chi connectivity index (χ1) is 10.3. The smallest absolute Gasteiger partial charge is 0.240 e. The van der Waals surface area contributed by atoms with Crippen LogP contribution in [0, 0.1) is 0 Å². The van der Waals surface area contributed by atoms with Gasteiger partial charge in [-0.15, -0.1) is 11.8 Å². The minimum atomic E-state index is 0.00890. The highest BCUT2D eigenvalue weighted by atomic mass is 32.2. The van der Waals surface area contributed by atoms with Gasteiger partial charge in [0.05, 0.1) is 13.2 Å². The van der Waals surface area contributed by atoms with E-state index in [1.54, 1.807) is 18.9 Å². The number of hydrogen-bond acceptors (Lipinski definition) is 5. The summed E-state index contributed by atoms with van der Waals surface area (Å²) in [6, 6.07) is 8.20. The molecule has 2 saturated heterocycles. The monoisotopic (exact) mass is 324 g/mol. The zero-order valence-corrected chi connectivity index (χ0v) is 13.7. The Morgan fingerprint density at radius 2 is 2.19 bits per heavy atom. The molecule has 0 aliphatic carbocycles. The highest BCUT2D eigenvalue weighted by molar-refractivity contribution is 7.99. The normalized spacial score (nSPS) is 25.9. The van der Waals surface area contributed by atoms with Crippen LogP contribution >= 0.6 is 23.5 Å². The number of hydrogen-bond donors (Lipinski definition) is 1. The van der Waals surface area contributed by atoms with Crippen molar-refractivity contribution in [3.8, 4) is 5.75 Å². The Labute approximate surface area is 134 Å². The molecule has 0 bridgehead atoms. The lowest BCUT2D eigenvalue weighted by molar-refractivity contribution is -0.132. The molecular formula is C15H20N2O2S2. The summed E-state index contributed by atoms with van der Waals surface area (Å²) in [5.74, 6) is 3.93. The molecule has 0 saturated carbocycles. The van der Waals surface area contributed by atoms with Gasteiger partial charge in [-0.25, -0.2) is 0 Å². The van der Waals surface area contributed by atoms with Gasteiger partial charge in [0.2, 0.25) is 5.91 Å². The molecule has 0 spiro atoms. The number of carbonyl (C=O) groups is 1. The van der Waals surface area contributed by atoms with E-state index in [0.717, 1.165) is 36.2 Å². The number of nitrogens with zero attached hydrogens (tertiary/aromatic N) is 1. The fourth-order valence-electron chi connectivity index (χ4n) is 2.64. The van der Waals surface area contributed by atoms with Crippen LogP contribution in [-0.2, 0) is 4.79 Å². The summed E-state index contributed by atoms with van der Waals surface area (Å²) in [5, 5.41) is 3.64. The predicted molar refractivity (Wildman–Crippen MR) is 89.0 cm³/mol. The molecule has 1 aromatic rings. The van der Waals surface area contributed by atoms with E-state index in [4.69, 9.17) is 4.74 Å². The third-order valence-corrected chi connectivity index (χ3v) is 6.06. The number of nitrogens with one attached hydrogen (secondary N) is 1. The maximum Gasteiger partial charge on any atom is 0.240 e. The highest BCUT2D eigenvalue weighted by Crippen LogP contribution is 2.34. The molecule has 4 nitrogen and oxygen atoms in total. The summed E-state index contributed by atoms with van der Waals surface area (Å²) >= 11 is 3.73. The molecule has 0 radical (unpaired) electrons. The van der Waals surface area contributed by atoms with Gasteiger partial charge in [-0.2, -0.15) is 11.8 Å². The Balaban J connectivity index is 1.65. The van der Waals surface area contributed by atoms with Gasteiger partial charge in [-0.3, -0.25) is 10.1 Å². The Kier molecular flexibility index (Phi) is 4.98. The van der Waals surface area contributed by atoms with Gasteiger partial charge in [0.1, 0.15) is 5.75 Å². The zero-order chi connectivity index (χ0) is 14.7. The van der Waals surface area contributed by atoms with Crippen LogP contribution in [0.3, 0.4) is 0 Å². The molecule has 114 valence electrons. The second-order valence-electron chi connectivity index (χ2n) is 5.19. The van der Waals surface area contributed by atoms with Gasteiger partial charge in [0.15, 0.2) is 0 Å². The van der Waals surface area contributed by atoms with Crippen LogP contribution in [0.4, 0.5) is 0 Å². The summed E-state index contributed by atoms with van der Waals surface area (Å²) in [6.45, 7) is 1.66. The lowest BCUT2D eigenvalue weighted by atomic mass is 10.1. The lowest BCUT2D eigenvalue weighted by Crippen LogP contribution is -2.48. The number of amides is 1. The van der Waals surface area contributed by atoms with Crippen molar-refractivity contribution in [2.75, 3.05) is 37.6 Å². The predicted octanol–water partition coefficient (Wildman–Crippen LogP) is 1.97. The van der Waals surface area contributed by atoms with Gasteiger partial charge in [0.25, 0.3) is 0 Å². The summed E-state index contributed by atoms with van der Waals surface area (Å²) in [6.07, 6.45) is 0. The standard InChI is InChI=1S/C15H20N2O2S2/c1-19-12-4-2-11(3-5-12)14-8-17(6-7-21-14)15(18)13-9-20-10-16-13/h2-5,13-14,16H,6-10H2,1H3. The molecule has 1 aromatic carbocycles. The van der Waals surface area contributed by atoms with E-state index in [0.29, 0.717) is 5.25 Å². The van der Waals surface area contributed by atoms with E-state index in [9.17, 15) is 4.79 Å². The van der Waals surface area contributed by atoms with Gasteiger partial charge in [0, 0.05) is 35.7 Å². The number of carbonyl (C=O) groups excluding carboxylic acids is 1. The van der Waals surface area contributed by atoms with Crippen LogP contribution in [0.2, 0.25) is 0 Å². The second-order valence-corrected chi connectivity index (χ2v) is 7.53. The van der Waals surface area contributed by atoms with Crippen molar-refractivity contribution in [3.63, 3.8) is 0 Å². The van der Waals surface area contributed by atoms with Gasteiger partial charge in [-0.05, 0) is 17.7 Å². The Hall–Kier alpha value is -0.850. The summed E-state index contributed by atoms with van der Waals surface area (Å²) in [5.41, 5.74) is 1.27. The molecule has 2 heterocycles. The SMILES string of the molecule is COc1ccc(C2CN(C(=O)C3CSCN3)CCS2)cc1. The third-order valence-electron chi connectivity index (χ3n) is 3.88. The van der Waals surface area contributed by atoms with E-state index in [1.807, 2.05) is 28.8 Å². The van der Waals surface area contributed by atoms with Crippen molar-refractivity contribution < 1.29 is 9.53 Å². The zero-order valence-electron chi connectivity index (χ0n) is 12.1. The third kappa shape index (κ3) is 3.49. The molecule has 21 heavy (non-hydrogen) atoms. The number of methoxy groups -OCH3 is 1. The Morgan fingerprint density at radius 1 is 1.38 bits per heavy atom. The van der Waals surface area contributed by atoms with Gasteiger partial charge in [-0.1, -0.05) is 12.1 Å². The van der Waals surface area contributed by atoms with Crippen molar-refractivity contribution in [1.82, 2.24) is 10.2 Å². The lowest BCUT2D eigenvalue weighted by Gasteiger charge is -2.34. The topological polar surface area (TPSA) is 41.6 Å². The van der Waals surface area contributed by atoms with Crippen LogP contribution in [0.25, 0.3) is 0 Å². The fourth-order valence-corrected chi connectivity index (χ4v) is 4.82. The summed E-state index contributed by atoms with van der Waals surface area (Å²) < 4.78 is 5.20. The molecule has 2 aliphatic rings. The number of thioether (sulfide) groups is 2. The average molecular weight is 324 g/mol. The van der Waals surface area contributed by atoms with E-state index in [-0.39, 0.29) is 11.9 Å². The van der Waals surface area contributed by atoms with Gasteiger partial charge >= 0.3 is 0 Å². The minimum Gasteiger partial charge on any atom is -0.497 e. The van der Waals surface area contributed by atoms with Crippen molar-refractivity contribution in [2.45, 2.75) is 11.3 Å². The first-order valence-electron chi connectivity index (χ1n) is 7.13. The van der Waals surface area contributed by atoms with E-state index >= 15 is 0 Å². The van der Waals surface area contributed by atoms with Crippen molar-refractivity contribution >= 4 is 29.4 Å². The summed E-state index contributed by atoms with van der Waals surface area (Å²) in [7, 11) is 1.68. The number of ether oxygens (including phenoxy) is 1. The highest BCUT2D eigenvalue weighted by Gasteiger charge is 2.31. The van der Waals surface area contributed by atoms with Gasteiger partial charge < -0.3 is 9.64 Å². The first kappa shape index (κ1) is 15.1. The average Bonchev–Trinajstić information content (AvgIpc) is 3.09. The fraction of sp³-hybridized carbons (Fsp3) is 0.533. The van der Waals surface area contributed by atoms with Crippen LogP contribution in [0.5, 0.6) is 5.75 Å². The molecule has 6 heteroatoms. The van der Waals surface area contributed by atoms with E-state index < -0.39 is 0 Å². The maximum absolute atomic E-state index is 12.5. The van der Waals surface area contributed by atoms with Crippen LogP contribution in [0.1, 0.15) is 10.8 Å². The molecule has 2 atom stereocenters. The maximum atomic E-state index is 12.5. The quantitative estimate of drug-likeness (QED) is 0.921. The molecule has 1 amide bonds. The molecular weight excluding hydrogens is 304 g/mol. The van der Waals surface area contributed by atoms with Crippen LogP contribution < -0.4 is 10.1 Å². The van der Waals surface area contributed by atoms with Crippen molar-refractivity contribution in [2.24, 2.45) is 0 Å². The second kappa shape index (κ2) is 6.94. The number of rotatable bonds is 3.